The molecule has 0 heterocycles. The number of nitrogens with one attached hydrogen (secondary N) is 2. The van der Waals surface area contributed by atoms with Crippen LogP contribution in [0.1, 0.15) is 0 Å². The first-order valence-corrected chi connectivity index (χ1v) is 8.93. The lowest BCUT2D eigenvalue weighted by atomic mass is 10.3. The number of sulfonamides is 1. The van der Waals surface area contributed by atoms with Gasteiger partial charge in [-0.15, -0.1) is 13.2 Å². The molecule has 2 aromatic carbocycles. The Hall–Kier alpha value is -2.37. The molecule has 0 unspecified atom stereocenters. The molecule has 0 radical (unpaired) electrons. The molecule has 12 heteroatoms. The van der Waals surface area contributed by atoms with E-state index in [1.54, 1.807) is 0 Å². The third-order valence-electron chi connectivity index (χ3n) is 2.99. The van der Waals surface area contributed by atoms with Crippen molar-refractivity contribution in [1.82, 2.24) is 4.72 Å². The average Bonchev–Trinajstić information content (AvgIpc) is 2.55. The smallest absolute Gasteiger partial charge is 0.406 e. The fraction of sp³-hybridized carbons (Fsp3) is 0.133. The van der Waals surface area contributed by atoms with Gasteiger partial charge in [-0.25, -0.2) is 17.5 Å². The van der Waals surface area contributed by atoms with Crippen molar-refractivity contribution < 1.29 is 35.5 Å². The molecule has 0 fully saturated rings. The van der Waals surface area contributed by atoms with Crippen molar-refractivity contribution in [2.75, 3.05) is 11.9 Å². The van der Waals surface area contributed by atoms with Gasteiger partial charge in [-0.1, -0.05) is 11.6 Å². The van der Waals surface area contributed by atoms with Gasteiger partial charge in [0.1, 0.15) is 11.6 Å². The van der Waals surface area contributed by atoms with Crippen LogP contribution in [0.4, 0.5) is 23.2 Å². The molecule has 0 aliphatic carbocycles. The lowest BCUT2D eigenvalue weighted by Crippen LogP contribution is -2.32. The van der Waals surface area contributed by atoms with Crippen molar-refractivity contribution >= 4 is 33.2 Å². The van der Waals surface area contributed by atoms with Gasteiger partial charge in [0.15, 0.2) is 0 Å². The van der Waals surface area contributed by atoms with Crippen LogP contribution in [-0.4, -0.2) is 27.2 Å². The fourth-order valence-corrected chi connectivity index (χ4v) is 3.01. The van der Waals surface area contributed by atoms with Crippen LogP contribution in [0.25, 0.3) is 0 Å². The van der Waals surface area contributed by atoms with Crippen LogP contribution in [-0.2, 0) is 14.8 Å². The molecule has 1 amide bonds. The molecule has 0 spiro atoms. The van der Waals surface area contributed by atoms with Gasteiger partial charge in [0.2, 0.25) is 15.9 Å². The Morgan fingerprint density at radius 2 is 1.74 bits per heavy atom. The summed E-state index contributed by atoms with van der Waals surface area (Å²) in [6.45, 7) is -0.669. The number of carbonyl (C=O) groups is 1. The summed E-state index contributed by atoms with van der Waals surface area (Å²) in [6.07, 6.45) is -4.90. The zero-order chi connectivity index (χ0) is 20.2. The second kappa shape index (κ2) is 8.11. The lowest BCUT2D eigenvalue weighted by molar-refractivity contribution is -0.274. The Bertz CT molecular complexity index is 934. The topological polar surface area (TPSA) is 84.5 Å². The maximum atomic E-state index is 13.0. The maximum absolute atomic E-state index is 13.0. The third-order valence-corrected chi connectivity index (χ3v) is 4.70. The van der Waals surface area contributed by atoms with Gasteiger partial charge in [-0.3, -0.25) is 4.79 Å². The van der Waals surface area contributed by atoms with Gasteiger partial charge in [0.05, 0.1) is 16.5 Å². The van der Waals surface area contributed by atoms with Crippen molar-refractivity contribution in [1.29, 1.82) is 0 Å². The molecule has 0 bridgehead atoms. The molecule has 2 N–H and O–H groups in total. The monoisotopic (exact) mass is 426 g/mol. The number of halogens is 5. The van der Waals surface area contributed by atoms with Gasteiger partial charge >= 0.3 is 6.36 Å². The number of rotatable bonds is 6. The van der Waals surface area contributed by atoms with Crippen LogP contribution in [0.15, 0.2) is 47.4 Å². The predicted octanol–water partition coefficient (Wildman–Crippen LogP) is 3.29. The molecule has 0 aliphatic rings. The number of hydrogen-bond donors (Lipinski definition) is 2. The minimum Gasteiger partial charge on any atom is -0.406 e. The van der Waals surface area contributed by atoms with E-state index in [-0.39, 0.29) is 15.6 Å². The van der Waals surface area contributed by atoms with Gasteiger partial charge in [-0.2, -0.15) is 0 Å². The Balaban J connectivity index is 1.97. The van der Waals surface area contributed by atoms with Gasteiger partial charge in [0, 0.05) is 5.69 Å². The summed E-state index contributed by atoms with van der Waals surface area (Å²) in [5.41, 5.74) is 0.152. The molecule has 0 atom stereocenters. The Morgan fingerprint density at radius 3 is 2.30 bits per heavy atom. The highest BCUT2D eigenvalue weighted by Gasteiger charge is 2.31. The number of benzene rings is 2. The van der Waals surface area contributed by atoms with E-state index in [0.29, 0.717) is 0 Å². The molecule has 0 saturated heterocycles. The molecule has 0 aromatic heterocycles. The molecule has 0 saturated carbocycles. The Kier molecular flexibility index (Phi) is 6.29. The number of amides is 1. The van der Waals surface area contributed by atoms with E-state index in [1.165, 1.54) is 6.07 Å². The molecule has 146 valence electrons. The van der Waals surface area contributed by atoms with Crippen molar-refractivity contribution in [2.24, 2.45) is 0 Å². The molecule has 0 aliphatic heterocycles. The normalized spacial score (nSPS) is 11.9. The zero-order valence-corrected chi connectivity index (χ0v) is 14.8. The first kappa shape index (κ1) is 20.9. The summed E-state index contributed by atoms with van der Waals surface area (Å²) in [5, 5.41) is 2.08. The molecular formula is C15H11ClF4N2O4S. The average molecular weight is 427 g/mol. The summed E-state index contributed by atoms with van der Waals surface area (Å²) < 4.78 is 79.0. The van der Waals surface area contributed by atoms with E-state index in [9.17, 15) is 30.8 Å². The predicted molar refractivity (Wildman–Crippen MR) is 88.4 cm³/mol. The second-order valence-corrected chi connectivity index (χ2v) is 7.19. The second-order valence-electron chi connectivity index (χ2n) is 5.02. The highest BCUT2D eigenvalue weighted by atomic mass is 35.5. The number of carbonyl (C=O) groups excluding carboxylic acids is 1. The molecular weight excluding hydrogens is 416 g/mol. The summed E-state index contributed by atoms with van der Waals surface area (Å²) in [6, 6.07) is 6.82. The van der Waals surface area contributed by atoms with Gasteiger partial charge in [-0.05, 0) is 42.5 Å². The van der Waals surface area contributed by atoms with Crippen molar-refractivity contribution in [3.63, 3.8) is 0 Å². The van der Waals surface area contributed by atoms with E-state index in [2.05, 4.69) is 10.1 Å². The highest BCUT2D eigenvalue weighted by Crippen LogP contribution is 2.24. The SMILES string of the molecule is O=C(CNS(=O)(=O)c1ccc(OC(F)(F)F)cc1)Nc1ccc(F)c(Cl)c1. The molecule has 2 aromatic rings. The van der Waals surface area contributed by atoms with Crippen LogP contribution in [0.5, 0.6) is 5.75 Å². The minimum atomic E-state index is -4.90. The van der Waals surface area contributed by atoms with Crippen LogP contribution in [0.3, 0.4) is 0 Å². The number of alkyl halides is 3. The van der Waals surface area contributed by atoms with Gasteiger partial charge in [0.25, 0.3) is 0 Å². The maximum Gasteiger partial charge on any atom is 0.573 e. The quantitative estimate of drug-likeness (QED) is 0.694. The number of ether oxygens (including phenoxy) is 1. The third kappa shape index (κ3) is 6.38. The van der Waals surface area contributed by atoms with Crippen molar-refractivity contribution in [3.8, 4) is 5.75 Å². The van der Waals surface area contributed by atoms with Crippen LogP contribution in [0, 0.1) is 5.82 Å². The lowest BCUT2D eigenvalue weighted by Gasteiger charge is -2.10. The molecule has 6 nitrogen and oxygen atoms in total. The number of hydrogen-bond acceptors (Lipinski definition) is 4. The summed E-state index contributed by atoms with van der Waals surface area (Å²) in [7, 11) is -4.16. The van der Waals surface area contributed by atoms with E-state index in [4.69, 9.17) is 11.6 Å². The summed E-state index contributed by atoms with van der Waals surface area (Å²) >= 11 is 5.56. The minimum absolute atomic E-state index is 0.152. The van der Waals surface area contributed by atoms with E-state index in [1.807, 2.05) is 4.72 Å². The van der Waals surface area contributed by atoms with Crippen LogP contribution < -0.4 is 14.8 Å². The van der Waals surface area contributed by atoms with E-state index >= 15 is 0 Å². The first-order valence-electron chi connectivity index (χ1n) is 7.07. The summed E-state index contributed by atoms with van der Waals surface area (Å²) in [5.74, 6) is -2.04. The largest absolute Gasteiger partial charge is 0.573 e. The van der Waals surface area contributed by atoms with Crippen LogP contribution >= 0.6 is 11.6 Å². The van der Waals surface area contributed by atoms with Crippen molar-refractivity contribution in [2.45, 2.75) is 11.3 Å². The molecule has 27 heavy (non-hydrogen) atoms. The highest BCUT2D eigenvalue weighted by molar-refractivity contribution is 7.89. The van der Waals surface area contributed by atoms with E-state index in [0.717, 1.165) is 36.4 Å². The summed E-state index contributed by atoms with van der Waals surface area (Å²) in [4.78, 5) is 11.4. The Labute approximate surface area is 156 Å². The Morgan fingerprint density at radius 1 is 1.11 bits per heavy atom. The van der Waals surface area contributed by atoms with E-state index < -0.39 is 40.4 Å². The number of anilines is 1. The van der Waals surface area contributed by atoms with Crippen LogP contribution in [0.2, 0.25) is 5.02 Å². The standard InChI is InChI=1S/C15H11ClF4N2O4S/c16-12-7-9(1-6-13(12)17)22-14(23)8-21-27(24,25)11-4-2-10(3-5-11)26-15(18,19)20/h1-7,21H,8H2,(H,22,23). The fourth-order valence-electron chi connectivity index (χ4n) is 1.84. The molecule has 2 rings (SSSR count). The van der Waals surface area contributed by atoms with Crippen molar-refractivity contribution in [3.05, 3.63) is 53.3 Å². The zero-order valence-electron chi connectivity index (χ0n) is 13.2. The first-order chi connectivity index (χ1) is 12.5. The van der Waals surface area contributed by atoms with Gasteiger partial charge < -0.3 is 10.1 Å².